The summed E-state index contributed by atoms with van der Waals surface area (Å²) < 4.78 is 62.5. The van der Waals surface area contributed by atoms with E-state index in [9.17, 15) is 17.4 Å². The van der Waals surface area contributed by atoms with Crippen LogP contribution in [-0.4, -0.2) is 28.9 Å². The molecule has 0 aliphatic carbocycles. The van der Waals surface area contributed by atoms with Gasteiger partial charge in [-0.1, -0.05) is 0 Å². The Balaban J connectivity index is 2.50. The molecule has 9 heteroatoms. The first-order chi connectivity index (χ1) is 10.3. The number of halogens is 3. The van der Waals surface area contributed by atoms with Crippen LogP contribution in [0.3, 0.4) is 0 Å². The number of hydrogen-bond acceptors (Lipinski definition) is 5. The predicted octanol–water partition coefficient (Wildman–Crippen LogP) is 3.12. The minimum absolute atomic E-state index is 0.382. The third-order valence-electron chi connectivity index (χ3n) is 2.85. The maximum atomic E-state index is 12.3. The summed E-state index contributed by atoms with van der Waals surface area (Å²) in [5.74, 6) is 0.490. The number of fused-ring (bicyclic) bond motifs is 1. The number of aromatic nitrogens is 1. The molecule has 0 fully saturated rings. The Morgan fingerprint density at radius 3 is 2.23 bits per heavy atom. The summed E-state index contributed by atoms with van der Waals surface area (Å²) in [6, 6.07) is 4.49. The third kappa shape index (κ3) is 3.24. The molecule has 0 spiro atoms. The monoisotopic (exact) mass is 335 g/mol. The Labute approximate surface area is 126 Å². The second-order valence-electron chi connectivity index (χ2n) is 4.24. The average molecular weight is 335 g/mol. The molecule has 2 aromatic rings. The Kier molecular flexibility index (Phi) is 4.45. The van der Waals surface area contributed by atoms with Crippen LogP contribution in [0.1, 0.15) is 5.69 Å². The first-order valence-corrected chi connectivity index (χ1v) is 7.04. The maximum Gasteiger partial charge on any atom is 0.508 e. The molecule has 1 unspecified atom stereocenters. The molecule has 1 aromatic carbocycles. The summed E-state index contributed by atoms with van der Waals surface area (Å²) >= 11 is -3.47. The van der Waals surface area contributed by atoms with Crippen molar-refractivity contribution >= 4 is 21.9 Å². The van der Waals surface area contributed by atoms with Crippen LogP contribution in [0.4, 0.5) is 13.2 Å². The number of ether oxygens (including phenoxy) is 2. The molecule has 0 amide bonds. The molecule has 2 rings (SSSR count). The van der Waals surface area contributed by atoms with Gasteiger partial charge in [-0.2, -0.15) is 13.2 Å². The molecule has 0 bridgehead atoms. The normalized spacial score (nSPS) is 13.0. The van der Waals surface area contributed by atoms with E-state index in [4.69, 9.17) is 9.47 Å². The lowest BCUT2D eigenvalue weighted by molar-refractivity contribution is -0.0438. The SMILES string of the molecule is COc1cc2cc(OS(=O)C(F)(F)F)nc(C)c2cc1OC. The van der Waals surface area contributed by atoms with Gasteiger partial charge in [0.15, 0.2) is 11.5 Å². The highest BCUT2D eigenvalue weighted by molar-refractivity contribution is 7.81. The van der Waals surface area contributed by atoms with E-state index in [2.05, 4.69) is 9.17 Å². The fraction of sp³-hybridized carbons (Fsp3) is 0.308. The van der Waals surface area contributed by atoms with Gasteiger partial charge in [0.1, 0.15) is 0 Å². The highest BCUT2D eigenvalue weighted by Crippen LogP contribution is 2.35. The number of rotatable bonds is 4. The lowest BCUT2D eigenvalue weighted by Gasteiger charge is -2.12. The van der Waals surface area contributed by atoms with Crippen LogP contribution in [0, 0.1) is 6.92 Å². The maximum absolute atomic E-state index is 12.3. The highest BCUT2D eigenvalue weighted by Gasteiger charge is 2.40. The lowest BCUT2D eigenvalue weighted by atomic mass is 10.1. The topological polar surface area (TPSA) is 57.7 Å². The van der Waals surface area contributed by atoms with Gasteiger partial charge in [-0.05, 0) is 24.4 Å². The predicted molar refractivity (Wildman–Crippen MR) is 74.4 cm³/mol. The van der Waals surface area contributed by atoms with E-state index in [1.54, 1.807) is 19.1 Å². The first-order valence-electron chi connectivity index (χ1n) is 5.96. The Morgan fingerprint density at radius 1 is 1.09 bits per heavy atom. The molecular formula is C13H12F3NO4S. The van der Waals surface area contributed by atoms with Gasteiger partial charge in [-0.25, -0.2) is 9.19 Å². The summed E-state index contributed by atoms with van der Waals surface area (Å²) in [4.78, 5) is 3.87. The molecule has 120 valence electrons. The van der Waals surface area contributed by atoms with E-state index in [0.717, 1.165) is 0 Å². The van der Waals surface area contributed by atoms with Crippen molar-refractivity contribution in [1.82, 2.24) is 4.98 Å². The molecule has 0 saturated heterocycles. The van der Waals surface area contributed by atoms with Gasteiger partial charge in [-0.15, -0.1) is 0 Å². The summed E-state index contributed by atoms with van der Waals surface area (Å²) in [5, 5.41) is 1.18. The number of benzene rings is 1. The van der Waals surface area contributed by atoms with Crippen LogP contribution in [0.5, 0.6) is 17.4 Å². The largest absolute Gasteiger partial charge is 0.508 e. The van der Waals surface area contributed by atoms with Gasteiger partial charge in [0.2, 0.25) is 5.88 Å². The minimum atomic E-state index is -4.97. The van der Waals surface area contributed by atoms with Gasteiger partial charge in [0, 0.05) is 17.1 Å². The first kappa shape index (κ1) is 16.3. The van der Waals surface area contributed by atoms with Gasteiger partial charge < -0.3 is 13.7 Å². The van der Waals surface area contributed by atoms with Crippen molar-refractivity contribution in [3.8, 4) is 17.4 Å². The zero-order valence-corrected chi connectivity index (χ0v) is 12.7. The summed E-state index contributed by atoms with van der Waals surface area (Å²) in [7, 11) is 2.91. The number of nitrogens with zero attached hydrogens (tertiary/aromatic N) is 1. The lowest BCUT2D eigenvalue weighted by Crippen LogP contribution is -2.21. The quantitative estimate of drug-likeness (QED) is 0.859. The zero-order chi connectivity index (χ0) is 16.5. The second kappa shape index (κ2) is 5.99. The van der Waals surface area contributed by atoms with Gasteiger partial charge >= 0.3 is 16.6 Å². The number of alkyl halides is 3. The van der Waals surface area contributed by atoms with E-state index in [1.807, 2.05) is 0 Å². The van der Waals surface area contributed by atoms with E-state index >= 15 is 0 Å². The van der Waals surface area contributed by atoms with Crippen molar-refractivity contribution in [1.29, 1.82) is 0 Å². The molecule has 5 nitrogen and oxygen atoms in total. The van der Waals surface area contributed by atoms with Crippen LogP contribution in [0.2, 0.25) is 0 Å². The molecule has 0 radical (unpaired) electrons. The molecule has 0 saturated carbocycles. The highest BCUT2D eigenvalue weighted by atomic mass is 32.2. The van der Waals surface area contributed by atoms with Crippen molar-refractivity contribution in [2.75, 3.05) is 14.2 Å². The molecule has 22 heavy (non-hydrogen) atoms. The molecule has 1 aromatic heterocycles. The Bertz CT molecular complexity index is 733. The molecule has 0 aliphatic rings. The van der Waals surface area contributed by atoms with Crippen LogP contribution in [-0.2, 0) is 11.1 Å². The van der Waals surface area contributed by atoms with Crippen molar-refractivity contribution in [2.45, 2.75) is 12.4 Å². The minimum Gasteiger partial charge on any atom is -0.493 e. The van der Waals surface area contributed by atoms with E-state index < -0.39 is 16.6 Å². The standard InChI is InChI=1S/C13H12F3NO4S/c1-7-9-6-11(20-3)10(19-2)4-8(9)5-12(17-7)21-22(18)13(14,15)16/h4-6H,1-3H3. The van der Waals surface area contributed by atoms with Crippen molar-refractivity contribution in [2.24, 2.45) is 0 Å². The third-order valence-corrected chi connectivity index (χ3v) is 3.55. The Hall–Kier alpha value is -2.03. The average Bonchev–Trinajstić information content (AvgIpc) is 2.45. The Morgan fingerprint density at radius 2 is 1.68 bits per heavy atom. The summed E-state index contributed by atoms with van der Waals surface area (Å²) in [5.41, 5.74) is -4.56. The second-order valence-corrected chi connectivity index (χ2v) is 5.34. The van der Waals surface area contributed by atoms with Crippen LogP contribution >= 0.6 is 0 Å². The van der Waals surface area contributed by atoms with E-state index in [0.29, 0.717) is 28.0 Å². The van der Waals surface area contributed by atoms with E-state index in [1.165, 1.54) is 20.3 Å². The zero-order valence-electron chi connectivity index (χ0n) is 11.9. The van der Waals surface area contributed by atoms with Gasteiger partial charge in [0.25, 0.3) is 0 Å². The number of methoxy groups -OCH3 is 2. The van der Waals surface area contributed by atoms with Crippen LogP contribution in [0.25, 0.3) is 10.8 Å². The molecule has 1 heterocycles. The number of aryl methyl sites for hydroxylation is 1. The molecule has 1 atom stereocenters. The van der Waals surface area contributed by atoms with Gasteiger partial charge in [-0.3, -0.25) is 0 Å². The number of hydrogen-bond donors (Lipinski definition) is 0. The van der Waals surface area contributed by atoms with Crippen molar-refractivity contribution < 1.29 is 31.0 Å². The molecule has 0 N–H and O–H groups in total. The van der Waals surface area contributed by atoms with Crippen LogP contribution in [0.15, 0.2) is 18.2 Å². The summed E-state index contributed by atoms with van der Waals surface area (Å²) in [6.45, 7) is 1.59. The van der Waals surface area contributed by atoms with E-state index in [-0.39, 0.29) is 5.88 Å². The summed E-state index contributed by atoms with van der Waals surface area (Å²) in [6.07, 6.45) is 0. The molecule has 0 aliphatic heterocycles. The smallest absolute Gasteiger partial charge is 0.493 e. The van der Waals surface area contributed by atoms with Gasteiger partial charge in [0.05, 0.1) is 14.2 Å². The number of pyridine rings is 1. The fourth-order valence-electron chi connectivity index (χ4n) is 1.89. The molecular weight excluding hydrogens is 323 g/mol. The fourth-order valence-corrected chi connectivity index (χ4v) is 2.22. The van der Waals surface area contributed by atoms with Crippen molar-refractivity contribution in [3.05, 3.63) is 23.9 Å². The van der Waals surface area contributed by atoms with Crippen LogP contribution < -0.4 is 13.7 Å². The van der Waals surface area contributed by atoms with Crippen molar-refractivity contribution in [3.63, 3.8) is 0 Å².